The highest BCUT2D eigenvalue weighted by Gasteiger charge is 2.39. The van der Waals surface area contributed by atoms with E-state index in [1.54, 1.807) is 18.2 Å². The molecule has 2 aromatic carbocycles. The minimum Gasteiger partial charge on any atom is -0.274 e. The predicted octanol–water partition coefficient (Wildman–Crippen LogP) is 5.45. The van der Waals surface area contributed by atoms with Gasteiger partial charge < -0.3 is 0 Å². The normalized spacial score (nSPS) is 16.2. The second-order valence-electron chi connectivity index (χ2n) is 9.03. The predicted molar refractivity (Wildman–Crippen MR) is 135 cm³/mol. The zero-order chi connectivity index (χ0) is 24.8. The van der Waals surface area contributed by atoms with E-state index in [1.165, 1.54) is 31.4 Å². The highest BCUT2D eigenvalue weighted by molar-refractivity contribution is 6.21. The van der Waals surface area contributed by atoms with Gasteiger partial charge in [0.1, 0.15) is 5.82 Å². The zero-order valence-corrected chi connectivity index (χ0v) is 19.9. The van der Waals surface area contributed by atoms with E-state index in [9.17, 15) is 18.8 Å². The van der Waals surface area contributed by atoms with Crippen molar-refractivity contribution in [3.8, 4) is 0 Å². The number of anilines is 1. The van der Waals surface area contributed by atoms with Crippen molar-refractivity contribution in [1.29, 1.82) is 0 Å². The molecule has 2 amide bonds. The summed E-state index contributed by atoms with van der Waals surface area (Å²) >= 11 is 0. The lowest BCUT2D eigenvalue weighted by atomic mass is 10.0. The van der Waals surface area contributed by atoms with Gasteiger partial charge in [-0.05, 0) is 43.0 Å². The first-order chi connectivity index (χ1) is 17.0. The number of halogens is 1. The Kier molecular flexibility index (Phi) is 7.85. The van der Waals surface area contributed by atoms with Crippen LogP contribution < -0.4 is 10.5 Å². The van der Waals surface area contributed by atoms with Crippen LogP contribution in [0.2, 0.25) is 0 Å². The largest absolute Gasteiger partial charge is 0.274 e. The second kappa shape index (κ2) is 11.2. The fourth-order valence-electron chi connectivity index (χ4n) is 4.54. The zero-order valence-electron chi connectivity index (χ0n) is 19.9. The Morgan fingerprint density at radius 1 is 1.06 bits per heavy atom. The average Bonchev–Trinajstić information content (AvgIpc) is 3.14. The molecule has 182 valence electrons. The van der Waals surface area contributed by atoms with Crippen LogP contribution in [0.5, 0.6) is 0 Å². The van der Waals surface area contributed by atoms with E-state index in [-0.39, 0.29) is 29.5 Å². The van der Waals surface area contributed by atoms with Crippen molar-refractivity contribution in [2.75, 3.05) is 4.90 Å². The molecular weight excluding hydrogens is 445 g/mol. The van der Waals surface area contributed by atoms with Crippen LogP contribution in [-0.2, 0) is 16.0 Å². The highest BCUT2D eigenvalue weighted by atomic mass is 19.1. The summed E-state index contributed by atoms with van der Waals surface area (Å²) in [6.45, 7) is 2.17. The van der Waals surface area contributed by atoms with Gasteiger partial charge in [-0.3, -0.25) is 14.4 Å². The number of rotatable bonds is 10. The molecule has 1 saturated heterocycles. The molecule has 1 unspecified atom stereocenters. The van der Waals surface area contributed by atoms with Crippen LogP contribution in [0.15, 0.2) is 59.4 Å². The molecule has 1 atom stereocenters. The minimum absolute atomic E-state index is 0.0303. The van der Waals surface area contributed by atoms with E-state index >= 15 is 0 Å². The van der Waals surface area contributed by atoms with Gasteiger partial charge in [0, 0.05) is 18.2 Å². The Morgan fingerprint density at radius 2 is 1.86 bits per heavy atom. The smallest absolute Gasteiger partial charge is 0.272 e. The van der Waals surface area contributed by atoms with Gasteiger partial charge in [0.25, 0.3) is 5.56 Å². The molecule has 0 bridgehead atoms. The molecular formula is C28H30FN3O3. The lowest BCUT2D eigenvalue weighted by molar-refractivity contribution is -0.122. The lowest BCUT2D eigenvalue weighted by Crippen LogP contribution is -2.31. The number of carbonyl (C=O) groups is 2. The summed E-state index contributed by atoms with van der Waals surface area (Å²) in [5, 5.41) is 7.89. The van der Waals surface area contributed by atoms with Gasteiger partial charge in [-0.1, -0.05) is 62.6 Å². The summed E-state index contributed by atoms with van der Waals surface area (Å²) in [5.41, 5.74) is 0.997. The van der Waals surface area contributed by atoms with Crippen molar-refractivity contribution in [2.45, 2.75) is 58.3 Å². The first-order valence-electron chi connectivity index (χ1n) is 12.3. The van der Waals surface area contributed by atoms with E-state index in [0.717, 1.165) is 17.7 Å². The number of carbonyl (C=O) groups excluding carboxylic acids is 2. The molecule has 0 aliphatic carbocycles. The van der Waals surface area contributed by atoms with Crippen molar-refractivity contribution >= 4 is 28.3 Å². The van der Waals surface area contributed by atoms with Crippen LogP contribution >= 0.6 is 0 Å². The Labute approximate surface area is 203 Å². The number of hydrogen-bond acceptors (Lipinski definition) is 4. The molecule has 35 heavy (non-hydrogen) atoms. The number of aromatic amines is 1. The summed E-state index contributed by atoms with van der Waals surface area (Å²) in [5.74, 6) is -1.85. The molecule has 6 nitrogen and oxygen atoms in total. The Morgan fingerprint density at radius 3 is 2.66 bits per heavy atom. The quantitative estimate of drug-likeness (QED) is 0.240. The molecule has 1 aromatic heterocycles. The number of benzene rings is 2. The molecule has 7 heteroatoms. The van der Waals surface area contributed by atoms with Gasteiger partial charge in [-0.2, -0.15) is 5.10 Å². The van der Waals surface area contributed by atoms with Crippen LogP contribution in [0.25, 0.3) is 10.8 Å². The van der Waals surface area contributed by atoms with Crippen molar-refractivity contribution in [1.82, 2.24) is 10.2 Å². The monoisotopic (exact) mass is 475 g/mol. The maximum atomic E-state index is 14.8. The number of hydrogen-bond donors (Lipinski definition) is 1. The second-order valence-corrected chi connectivity index (χ2v) is 9.03. The first-order valence-corrected chi connectivity index (χ1v) is 12.3. The number of unbranched alkanes of at least 4 members (excludes halogenated alkanes) is 4. The Balaban J connectivity index is 1.49. The fourth-order valence-corrected chi connectivity index (χ4v) is 4.54. The van der Waals surface area contributed by atoms with Crippen LogP contribution in [0.1, 0.15) is 63.1 Å². The number of imide groups is 1. The molecule has 1 aliphatic rings. The van der Waals surface area contributed by atoms with Crippen molar-refractivity contribution in [3.63, 3.8) is 0 Å². The highest BCUT2D eigenvalue weighted by Crippen LogP contribution is 2.32. The molecule has 4 rings (SSSR count). The number of amides is 2. The van der Waals surface area contributed by atoms with E-state index in [2.05, 4.69) is 23.2 Å². The summed E-state index contributed by atoms with van der Waals surface area (Å²) < 4.78 is 14.8. The standard InChI is InChI=1S/C28H30FN3O3/c1-2-3-4-5-6-7-8-11-20-18-26(33)32(28(20)35)25-17-19(14-15-23(25)29)16-24-21-12-9-10-13-22(21)27(34)31-30-24/h7-10,12-15,17,20H,2-6,11,16,18H2,1H3,(H,31,34). The van der Waals surface area contributed by atoms with Crippen molar-refractivity contribution in [3.05, 3.63) is 82.0 Å². The molecule has 0 saturated carbocycles. The molecule has 0 radical (unpaired) electrons. The van der Waals surface area contributed by atoms with Gasteiger partial charge in [0.05, 0.1) is 22.7 Å². The molecule has 2 heterocycles. The van der Waals surface area contributed by atoms with Gasteiger partial charge in [-0.15, -0.1) is 0 Å². The van der Waals surface area contributed by atoms with Crippen LogP contribution in [0, 0.1) is 11.7 Å². The summed E-state index contributed by atoms with van der Waals surface area (Å²) in [7, 11) is 0. The molecule has 1 fully saturated rings. The number of nitrogens with zero attached hydrogens (tertiary/aromatic N) is 2. The van der Waals surface area contributed by atoms with Gasteiger partial charge in [0.2, 0.25) is 11.8 Å². The third-order valence-corrected chi connectivity index (χ3v) is 6.45. The number of fused-ring (bicyclic) bond motifs is 1. The Hall–Kier alpha value is -3.61. The topological polar surface area (TPSA) is 83.1 Å². The summed E-state index contributed by atoms with van der Waals surface area (Å²) in [4.78, 5) is 38.7. The van der Waals surface area contributed by atoms with E-state index in [4.69, 9.17) is 0 Å². The average molecular weight is 476 g/mol. The number of aromatic nitrogens is 2. The molecule has 0 spiro atoms. The Bertz CT molecular complexity index is 1310. The van der Waals surface area contributed by atoms with Gasteiger partial charge in [0.15, 0.2) is 0 Å². The fraction of sp³-hybridized carbons (Fsp3) is 0.357. The van der Waals surface area contributed by atoms with E-state index in [0.29, 0.717) is 34.9 Å². The summed E-state index contributed by atoms with van der Waals surface area (Å²) in [6.07, 6.45) is 10.6. The van der Waals surface area contributed by atoms with Gasteiger partial charge in [-0.25, -0.2) is 14.4 Å². The SMILES string of the molecule is CCCCCCC=CCC1CC(=O)N(c2cc(Cc3n[nH]c(=O)c4ccccc34)ccc2F)C1=O. The van der Waals surface area contributed by atoms with E-state index < -0.39 is 11.7 Å². The lowest BCUT2D eigenvalue weighted by Gasteiger charge is -2.17. The van der Waals surface area contributed by atoms with Crippen molar-refractivity contribution in [2.24, 2.45) is 5.92 Å². The number of nitrogens with one attached hydrogen (secondary N) is 1. The maximum absolute atomic E-state index is 14.8. The van der Waals surface area contributed by atoms with E-state index in [1.807, 2.05) is 18.2 Å². The van der Waals surface area contributed by atoms with Crippen LogP contribution in [0.3, 0.4) is 0 Å². The molecule has 3 aromatic rings. The first kappa shape index (κ1) is 24.5. The number of allylic oxidation sites excluding steroid dienone is 2. The molecule has 1 N–H and O–H groups in total. The van der Waals surface area contributed by atoms with Crippen molar-refractivity contribution < 1.29 is 14.0 Å². The van der Waals surface area contributed by atoms with Crippen LogP contribution in [-0.4, -0.2) is 22.0 Å². The molecule has 1 aliphatic heterocycles. The third kappa shape index (κ3) is 5.56. The van der Waals surface area contributed by atoms with Gasteiger partial charge >= 0.3 is 0 Å². The summed E-state index contributed by atoms with van der Waals surface area (Å²) in [6, 6.07) is 11.5. The number of H-pyrrole nitrogens is 1. The van der Waals surface area contributed by atoms with Crippen LogP contribution in [0.4, 0.5) is 10.1 Å². The third-order valence-electron chi connectivity index (χ3n) is 6.45. The maximum Gasteiger partial charge on any atom is 0.272 e. The minimum atomic E-state index is -0.623.